The Morgan fingerprint density at radius 2 is 0.571 bits per heavy atom. The number of rotatable bonds is 0. The summed E-state index contributed by atoms with van der Waals surface area (Å²) < 4.78 is 0. The molecule has 8 rings (SSSR count). The largest absolute Gasteiger partial charge is 0.0527 e. The van der Waals surface area contributed by atoms with E-state index in [2.05, 4.69) is 0 Å². The quantitative estimate of drug-likeness (QED) is 0.418. The Hall–Kier alpha value is 0. The predicted molar refractivity (Wildman–Crippen MR) is 113 cm³/mol. The van der Waals surface area contributed by atoms with Gasteiger partial charge in [-0.2, -0.15) is 0 Å². The van der Waals surface area contributed by atoms with Gasteiger partial charge in [0, 0.05) is 0 Å². The summed E-state index contributed by atoms with van der Waals surface area (Å²) in [5.74, 6) is 16.7. The molecule has 0 aromatic carbocycles. The van der Waals surface area contributed by atoms with Gasteiger partial charge in [0.25, 0.3) is 0 Å². The molecule has 12 unspecified atom stereocenters. The highest BCUT2D eigenvalue weighted by atomic mass is 14.7. The van der Waals surface area contributed by atoms with Crippen molar-refractivity contribution in [1.29, 1.82) is 0 Å². The summed E-state index contributed by atoms with van der Waals surface area (Å²) in [4.78, 5) is 0. The predicted octanol–water partition coefficient (Wildman–Crippen LogP) is 7.18. The second-order valence-corrected chi connectivity index (χ2v) is 13.4. The molecule has 154 valence electrons. The molecule has 0 aromatic rings. The van der Waals surface area contributed by atoms with Crippen molar-refractivity contribution in [1.82, 2.24) is 0 Å². The van der Waals surface area contributed by atoms with Crippen molar-refractivity contribution in [3.63, 3.8) is 0 Å². The number of fused-ring (bicyclic) bond motifs is 5. The zero-order valence-corrected chi connectivity index (χ0v) is 18.0. The third kappa shape index (κ3) is 1.92. The molecular formula is C28H42. The maximum Gasteiger partial charge on any atom is -0.0318 e. The Morgan fingerprint density at radius 3 is 0.857 bits per heavy atom. The Morgan fingerprint density at radius 1 is 0.286 bits per heavy atom. The summed E-state index contributed by atoms with van der Waals surface area (Å²) in [5.41, 5.74) is 0. The summed E-state index contributed by atoms with van der Waals surface area (Å²) >= 11 is 0. The minimum absolute atomic E-state index is 1.18. The van der Waals surface area contributed by atoms with E-state index in [1.165, 1.54) is 82.9 Å². The van der Waals surface area contributed by atoms with Gasteiger partial charge in [-0.05, 0) is 121 Å². The molecule has 0 aliphatic heterocycles. The molecule has 0 bridgehead atoms. The Labute approximate surface area is 173 Å². The van der Waals surface area contributed by atoms with E-state index in [9.17, 15) is 0 Å². The average molecular weight is 379 g/mol. The summed E-state index contributed by atoms with van der Waals surface area (Å²) in [6, 6.07) is 0. The van der Waals surface area contributed by atoms with Gasteiger partial charge in [-0.25, -0.2) is 0 Å². The molecule has 0 heterocycles. The van der Waals surface area contributed by atoms with Gasteiger partial charge >= 0.3 is 0 Å². The smallest absolute Gasteiger partial charge is 0.0318 e. The molecule has 28 heavy (non-hydrogen) atoms. The fourth-order valence-corrected chi connectivity index (χ4v) is 13.3. The minimum Gasteiger partial charge on any atom is -0.0527 e. The van der Waals surface area contributed by atoms with Gasteiger partial charge < -0.3 is 0 Å². The molecule has 0 amide bonds. The Bertz CT molecular complexity index is 542. The molecule has 0 spiro atoms. The molecule has 8 saturated carbocycles. The zero-order valence-electron chi connectivity index (χ0n) is 18.0. The van der Waals surface area contributed by atoms with E-state index in [0.717, 1.165) is 0 Å². The maximum absolute atomic E-state index is 1.68. The van der Waals surface area contributed by atoms with E-state index in [-0.39, 0.29) is 0 Å². The lowest BCUT2D eigenvalue weighted by Gasteiger charge is -2.66. The first-order chi connectivity index (χ1) is 13.9. The Kier molecular flexibility index (Phi) is 3.46. The van der Waals surface area contributed by atoms with Crippen LogP contribution in [0.5, 0.6) is 0 Å². The molecule has 0 radical (unpaired) electrons. The van der Waals surface area contributed by atoms with Crippen molar-refractivity contribution < 1.29 is 0 Å². The van der Waals surface area contributed by atoms with Crippen LogP contribution in [0.3, 0.4) is 0 Å². The van der Waals surface area contributed by atoms with Crippen molar-refractivity contribution in [2.24, 2.45) is 82.9 Å². The van der Waals surface area contributed by atoms with Crippen LogP contribution >= 0.6 is 0 Å². The van der Waals surface area contributed by atoms with Gasteiger partial charge in [0.15, 0.2) is 0 Å². The van der Waals surface area contributed by atoms with Crippen LogP contribution in [0.15, 0.2) is 0 Å². The second-order valence-electron chi connectivity index (χ2n) is 13.4. The van der Waals surface area contributed by atoms with E-state index in [1.807, 2.05) is 0 Å². The summed E-state index contributed by atoms with van der Waals surface area (Å²) in [5, 5.41) is 0. The van der Waals surface area contributed by atoms with Gasteiger partial charge in [-0.1, -0.05) is 51.4 Å². The molecule has 0 saturated heterocycles. The monoisotopic (exact) mass is 378 g/mol. The SMILES string of the molecule is C1CC2CC3CCCC4C3C2C(C1)C1C2CCCC3CC5CCCC(C5C32)C41. The van der Waals surface area contributed by atoms with Crippen LogP contribution in [0.2, 0.25) is 0 Å². The molecule has 8 aliphatic rings. The van der Waals surface area contributed by atoms with Gasteiger partial charge in [-0.15, -0.1) is 0 Å². The molecule has 8 fully saturated rings. The van der Waals surface area contributed by atoms with Crippen LogP contribution in [-0.2, 0) is 0 Å². The van der Waals surface area contributed by atoms with E-state index in [4.69, 9.17) is 0 Å². The lowest BCUT2D eigenvalue weighted by atomic mass is 9.39. The highest BCUT2D eigenvalue weighted by Crippen LogP contribution is 2.74. The minimum atomic E-state index is 1.18. The van der Waals surface area contributed by atoms with Gasteiger partial charge in [0.05, 0.1) is 0 Å². The first-order valence-corrected chi connectivity index (χ1v) is 13.9. The average Bonchev–Trinajstić information content (AvgIpc) is 3.31. The van der Waals surface area contributed by atoms with Crippen molar-refractivity contribution >= 4 is 0 Å². The van der Waals surface area contributed by atoms with Crippen LogP contribution in [-0.4, -0.2) is 0 Å². The summed E-state index contributed by atoms with van der Waals surface area (Å²) in [6.07, 6.45) is 22.9. The van der Waals surface area contributed by atoms with E-state index in [1.54, 1.807) is 89.9 Å². The lowest BCUT2D eigenvalue weighted by molar-refractivity contribution is -0.178. The molecule has 8 aliphatic carbocycles. The third-order valence-corrected chi connectivity index (χ3v) is 13.1. The fourth-order valence-electron chi connectivity index (χ4n) is 13.3. The number of hydrogen-bond donors (Lipinski definition) is 0. The van der Waals surface area contributed by atoms with Crippen LogP contribution < -0.4 is 0 Å². The first-order valence-electron chi connectivity index (χ1n) is 13.9. The van der Waals surface area contributed by atoms with Gasteiger partial charge in [0.2, 0.25) is 0 Å². The Balaban J connectivity index is 1.29. The van der Waals surface area contributed by atoms with Crippen LogP contribution in [0.25, 0.3) is 0 Å². The molecule has 0 N–H and O–H groups in total. The van der Waals surface area contributed by atoms with E-state index < -0.39 is 0 Å². The highest BCUT2D eigenvalue weighted by Gasteiger charge is 2.68. The fraction of sp³-hybridized carbons (Fsp3) is 1.00. The molecule has 0 aromatic heterocycles. The summed E-state index contributed by atoms with van der Waals surface area (Å²) in [6.45, 7) is 0. The van der Waals surface area contributed by atoms with Crippen molar-refractivity contribution in [2.75, 3.05) is 0 Å². The van der Waals surface area contributed by atoms with Gasteiger partial charge in [-0.3, -0.25) is 0 Å². The third-order valence-electron chi connectivity index (χ3n) is 13.1. The van der Waals surface area contributed by atoms with Crippen molar-refractivity contribution in [3.8, 4) is 0 Å². The van der Waals surface area contributed by atoms with Crippen LogP contribution in [0.1, 0.15) is 89.9 Å². The maximum atomic E-state index is 1.68. The molecule has 12 atom stereocenters. The standard InChI is InChI=1S/C28H42/c1-5-15-13-16-6-2-11-21-24(16)23(15)19(9-1)27-20-10-3-7-17-14-18-8-4-12-22(28(21)27)26(18)25(17)20/h15-28H,1-14H2. The normalized spacial score (nSPS) is 66.0. The van der Waals surface area contributed by atoms with Crippen molar-refractivity contribution in [2.45, 2.75) is 89.9 Å². The van der Waals surface area contributed by atoms with E-state index in [0.29, 0.717) is 0 Å². The number of hydrogen-bond acceptors (Lipinski definition) is 0. The van der Waals surface area contributed by atoms with Crippen LogP contribution in [0, 0.1) is 82.9 Å². The van der Waals surface area contributed by atoms with E-state index >= 15 is 0 Å². The summed E-state index contributed by atoms with van der Waals surface area (Å²) in [7, 11) is 0. The van der Waals surface area contributed by atoms with Crippen LogP contribution in [0.4, 0.5) is 0 Å². The highest BCUT2D eigenvalue weighted by molar-refractivity contribution is 5.16. The molecule has 0 heteroatoms. The second kappa shape index (κ2) is 5.82. The topological polar surface area (TPSA) is 0 Å². The molecule has 0 nitrogen and oxygen atoms in total. The first kappa shape index (κ1) is 16.7. The zero-order chi connectivity index (χ0) is 18.0. The van der Waals surface area contributed by atoms with Gasteiger partial charge in [0.1, 0.15) is 0 Å². The lowest BCUT2D eigenvalue weighted by Crippen LogP contribution is -2.60. The van der Waals surface area contributed by atoms with Crippen molar-refractivity contribution in [3.05, 3.63) is 0 Å². The molecular weight excluding hydrogens is 336 g/mol.